The molecular formula is C20H22O2. The van der Waals surface area contributed by atoms with E-state index in [4.69, 9.17) is 15.9 Å². The van der Waals surface area contributed by atoms with Crippen LogP contribution in [0, 0.1) is 12.3 Å². The van der Waals surface area contributed by atoms with Crippen LogP contribution in [0.5, 0.6) is 0 Å². The van der Waals surface area contributed by atoms with Gasteiger partial charge in [0, 0.05) is 0 Å². The Balaban J connectivity index is 2.03. The van der Waals surface area contributed by atoms with Crippen molar-refractivity contribution in [2.45, 2.75) is 25.6 Å². The average molecular weight is 294 g/mol. The number of rotatable bonds is 7. The lowest BCUT2D eigenvalue weighted by molar-refractivity contribution is -0.0273. The molecule has 0 aliphatic rings. The van der Waals surface area contributed by atoms with Gasteiger partial charge in [-0.1, -0.05) is 66.6 Å². The quantitative estimate of drug-likeness (QED) is 0.562. The number of hydrogen-bond donors (Lipinski definition) is 0. The summed E-state index contributed by atoms with van der Waals surface area (Å²) in [5.41, 5.74) is 1.70. The molecule has 0 fully saturated rings. The summed E-state index contributed by atoms with van der Waals surface area (Å²) >= 11 is 0. The fourth-order valence-electron chi connectivity index (χ4n) is 2.15. The molecule has 0 aliphatic carbocycles. The minimum atomic E-state index is -0.557. The molecule has 2 aromatic rings. The van der Waals surface area contributed by atoms with E-state index in [0.717, 1.165) is 11.1 Å². The SMILES string of the molecule is C#CC(C)(C)OCCOC(c1ccccc1)c1ccccc1. The maximum absolute atomic E-state index is 6.06. The van der Waals surface area contributed by atoms with Crippen LogP contribution in [-0.4, -0.2) is 18.8 Å². The van der Waals surface area contributed by atoms with Gasteiger partial charge in [-0.3, -0.25) is 0 Å². The second-order valence-corrected chi connectivity index (χ2v) is 5.58. The number of terminal acetylenes is 1. The van der Waals surface area contributed by atoms with Crippen molar-refractivity contribution in [3.8, 4) is 12.3 Å². The predicted octanol–water partition coefficient (Wildman–Crippen LogP) is 4.22. The third kappa shape index (κ3) is 4.73. The van der Waals surface area contributed by atoms with E-state index in [0.29, 0.717) is 13.2 Å². The van der Waals surface area contributed by atoms with Gasteiger partial charge in [0.1, 0.15) is 11.7 Å². The van der Waals surface area contributed by atoms with Crippen molar-refractivity contribution in [2.24, 2.45) is 0 Å². The number of benzene rings is 2. The Bertz CT molecular complexity index is 557. The minimum absolute atomic E-state index is 0.0973. The zero-order chi connectivity index (χ0) is 15.8. The highest BCUT2D eigenvalue weighted by atomic mass is 16.5. The van der Waals surface area contributed by atoms with E-state index in [1.807, 2.05) is 50.2 Å². The fourth-order valence-corrected chi connectivity index (χ4v) is 2.15. The first-order valence-corrected chi connectivity index (χ1v) is 7.45. The van der Waals surface area contributed by atoms with Crippen molar-refractivity contribution in [3.63, 3.8) is 0 Å². The molecule has 0 saturated carbocycles. The topological polar surface area (TPSA) is 18.5 Å². The lowest BCUT2D eigenvalue weighted by atomic mass is 10.0. The summed E-state index contributed by atoms with van der Waals surface area (Å²) in [7, 11) is 0. The van der Waals surface area contributed by atoms with Crippen LogP contribution in [0.3, 0.4) is 0 Å². The predicted molar refractivity (Wildman–Crippen MR) is 89.5 cm³/mol. The normalized spacial score (nSPS) is 11.4. The first-order valence-electron chi connectivity index (χ1n) is 7.45. The third-order valence-electron chi connectivity index (χ3n) is 3.38. The van der Waals surface area contributed by atoms with Gasteiger partial charge in [0.15, 0.2) is 0 Å². The van der Waals surface area contributed by atoms with Crippen LogP contribution in [-0.2, 0) is 9.47 Å². The molecule has 0 heterocycles. The van der Waals surface area contributed by atoms with Gasteiger partial charge in [-0.25, -0.2) is 0 Å². The van der Waals surface area contributed by atoms with Crippen LogP contribution in [0.4, 0.5) is 0 Å². The summed E-state index contributed by atoms with van der Waals surface area (Å²) < 4.78 is 11.7. The van der Waals surface area contributed by atoms with Crippen LogP contribution < -0.4 is 0 Å². The molecule has 0 aromatic heterocycles. The Morgan fingerprint density at radius 1 is 0.909 bits per heavy atom. The zero-order valence-electron chi connectivity index (χ0n) is 13.2. The van der Waals surface area contributed by atoms with E-state index >= 15 is 0 Å². The van der Waals surface area contributed by atoms with Gasteiger partial charge in [-0.15, -0.1) is 6.42 Å². The standard InChI is InChI=1S/C20H22O2/c1-4-20(2,3)22-16-15-21-19(17-11-7-5-8-12-17)18-13-9-6-10-14-18/h1,5-14,19H,15-16H2,2-3H3. The van der Waals surface area contributed by atoms with E-state index in [2.05, 4.69) is 30.2 Å². The van der Waals surface area contributed by atoms with Crippen molar-refractivity contribution in [1.82, 2.24) is 0 Å². The molecule has 0 atom stereocenters. The monoisotopic (exact) mass is 294 g/mol. The van der Waals surface area contributed by atoms with E-state index < -0.39 is 5.60 Å². The van der Waals surface area contributed by atoms with Crippen LogP contribution in [0.25, 0.3) is 0 Å². The van der Waals surface area contributed by atoms with Gasteiger partial charge in [0.25, 0.3) is 0 Å². The number of ether oxygens (including phenoxy) is 2. The number of hydrogen-bond acceptors (Lipinski definition) is 2. The van der Waals surface area contributed by atoms with Gasteiger partial charge in [-0.05, 0) is 25.0 Å². The third-order valence-corrected chi connectivity index (χ3v) is 3.38. The van der Waals surface area contributed by atoms with Crippen molar-refractivity contribution in [3.05, 3.63) is 71.8 Å². The molecule has 0 spiro atoms. The molecule has 2 aromatic carbocycles. The van der Waals surface area contributed by atoms with Crippen molar-refractivity contribution in [1.29, 1.82) is 0 Å². The fraction of sp³-hybridized carbons (Fsp3) is 0.300. The Morgan fingerprint density at radius 3 is 1.86 bits per heavy atom. The molecule has 0 amide bonds. The molecule has 114 valence electrons. The van der Waals surface area contributed by atoms with Gasteiger partial charge < -0.3 is 9.47 Å². The molecule has 0 unspecified atom stereocenters. The van der Waals surface area contributed by atoms with E-state index in [1.165, 1.54) is 0 Å². The molecule has 22 heavy (non-hydrogen) atoms. The van der Waals surface area contributed by atoms with Crippen molar-refractivity contribution >= 4 is 0 Å². The van der Waals surface area contributed by atoms with Gasteiger partial charge in [0.2, 0.25) is 0 Å². The summed E-state index contributed by atoms with van der Waals surface area (Å²) in [6.45, 7) is 4.70. The molecule has 2 rings (SSSR count). The molecule has 0 bridgehead atoms. The lowest BCUT2D eigenvalue weighted by Gasteiger charge is -2.22. The van der Waals surface area contributed by atoms with Gasteiger partial charge in [-0.2, -0.15) is 0 Å². The summed E-state index contributed by atoms with van der Waals surface area (Å²) in [6, 6.07) is 20.4. The molecule has 2 heteroatoms. The molecule has 0 aliphatic heterocycles. The smallest absolute Gasteiger partial charge is 0.122 e. The second-order valence-electron chi connectivity index (χ2n) is 5.58. The van der Waals surface area contributed by atoms with Crippen molar-refractivity contribution in [2.75, 3.05) is 13.2 Å². The summed E-state index contributed by atoms with van der Waals surface area (Å²) in [4.78, 5) is 0. The summed E-state index contributed by atoms with van der Waals surface area (Å²) in [6.07, 6.45) is 5.32. The van der Waals surface area contributed by atoms with Crippen LogP contribution in [0.15, 0.2) is 60.7 Å². The lowest BCUT2D eigenvalue weighted by Crippen LogP contribution is -2.24. The highest BCUT2D eigenvalue weighted by Gasteiger charge is 2.16. The largest absolute Gasteiger partial charge is 0.366 e. The van der Waals surface area contributed by atoms with E-state index in [9.17, 15) is 0 Å². The molecule has 2 nitrogen and oxygen atoms in total. The van der Waals surface area contributed by atoms with Crippen LogP contribution in [0.1, 0.15) is 31.1 Å². The maximum atomic E-state index is 6.06. The molecule has 0 N–H and O–H groups in total. The molecule has 0 saturated heterocycles. The highest BCUT2D eigenvalue weighted by molar-refractivity contribution is 5.29. The van der Waals surface area contributed by atoms with Gasteiger partial charge >= 0.3 is 0 Å². The minimum Gasteiger partial charge on any atom is -0.366 e. The van der Waals surface area contributed by atoms with E-state index in [-0.39, 0.29) is 6.10 Å². The summed E-state index contributed by atoms with van der Waals surface area (Å²) in [5, 5.41) is 0. The first-order chi connectivity index (χ1) is 10.6. The Labute approximate surface area is 133 Å². The zero-order valence-corrected chi connectivity index (χ0v) is 13.2. The average Bonchev–Trinajstić information content (AvgIpc) is 2.56. The van der Waals surface area contributed by atoms with E-state index in [1.54, 1.807) is 0 Å². The first kappa shape index (κ1) is 16.3. The summed E-state index contributed by atoms with van der Waals surface area (Å²) in [5.74, 6) is 2.62. The van der Waals surface area contributed by atoms with Crippen LogP contribution in [0.2, 0.25) is 0 Å². The van der Waals surface area contributed by atoms with Crippen molar-refractivity contribution < 1.29 is 9.47 Å². The van der Waals surface area contributed by atoms with Crippen LogP contribution >= 0.6 is 0 Å². The highest BCUT2D eigenvalue weighted by Crippen LogP contribution is 2.25. The maximum Gasteiger partial charge on any atom is 0.122 e. The Hall–Kier alpha value is -2.08. The Morgan fingerprint density at radius 2 is 1.41 bits per heavy atom. The molecule has 0 radical (unpaired) electrons. The second kappa shape index (κ2) is 7.79. The Kier molecular flexibility index (Phi) is 5.77. The van der Waals surface area contributed by atoms with Gasteiger partial charge in [0.05, 0.1) is 13.2 Å². The molecular weight excluding hydrogens is 272 g/mol.